The van der Waals surface area contributed by atoms with Crippen LogP contribution in [0, 0.1) is 5.82 Å². The van der Waals surface area contributed by atoms with Gasteiger partial charge >= 0.3 is 0 Å². The molecule has 0 atom stereocenters. The molecule has 2 aromatic carbocycles. The van der Waals surface area contributed by atoms with Crippen LogP contribution in [0.1, 0.15) is 5.56 Å². The molecule has 0 unspecified atom stereocenters. The van der Waals surface area contributed by atoms with Crippen molar-refractivity contribution < 1.29 is 18.7 Å². The van der Waals surface area contributed by atoms with Gasteiger partial charge in [0.05, 0.1) is 18.7 Å². The van der Waals surface area contributed by atoms with E-state index in [2.05, 4.69) is 5.32 Å². The fraction of sp³-hybridized carbons (Fsp3) is 0.158. The molecular formula is C19H18ClFN2O3. The highest BCUT2D eigenvalue weighted by Gasteiger charge is 2.11. The summed E-state index contributed by atoms with van der Waals surface area (Å²) in [5.74, 6) is -0.617. The minimum atomic E-state index is -0.526. The molecule has 2 amide bonds. The minimum absolute atomic E-state index is 0.0226. The van der Waals surface area contributed by atoms with E-state index in [0.29, 0.717) is 17.0 Å². The van der Waals surface area contributed by atoms with Gasteiger partial charge in [-0.05, 0) is 35.9 Å². The number of halogens is 2. The van der Waals surface area contributed by atoms with E-state index in [1.54, 1.807) is 24.3 Å². The summed E-state index contributed by atoms with van der Waals surface area (Å²) in [6.45, 7) is -0.120. The van der Waals surface area contributed by atoms with Crippen LogP contribution in [-0.4, -0.2) is 37.4 Å². The first-order valence-electron chi connectivity index (χ1n) is 7.71. The van der Waals surface area contributed by atoms with Crippen LogP contribution in [0.25, 0.3) is 6.08 Å². The first-order valence-corrected chi connectivity index (χ1v) is 8.09. The van der Waals surface area contributed by atoms with E-state index in [4.69, 9.17) is 16.3 Å². The maximum atomic E-state index is 13.1. The Morgan fingerprint density at radius 1 is 1.27 bits per heavy atom. The Morgan fingerprint density at radius 3 is 2.73 bits per heavy atom. The summed E-state index contributed by atoms with van der Waals surface area (Å²) in [4.78, 5) is 25.4. The van der Waals surface area contributed by atoms with Crippen molar-refractivity contribution >= 4 is 35.2 Å². The molecule has 2 rings (SSSR count). The number of methoxy groups -OCH3 is 1. The third-order valence-electron chi connectivity index (χ3n) is 3.47. The van der Waals surface area contributed by atoms with Crippen molar-refractivity contribution in [1.29, 1.82) is 0 Å². The lowest BCUT2D eigenvalue weighted by atomic mass is 10.2. The van der Waals surface area contributed by atoms with E-state index in [0.717, 1.165) is 0 Å². The van der Waals surface area contributed by atoms with Gasteiger partial charge in [-0.15, -0.1) is 0 Å². The maximum absolute atomic E-state index is 13.1. The number of carbonyl (C=O) groups excluding carboxylic acids is 2. The number of carbonyl (C=O) groups is 2. The normalized spacial score (nSPS) is 10.6. The zero-order valence-electron chi connectivity index (χ0n) is 14.3. The first kappa shape index (κ1) is 19.5. The molecule has 0 aliphatic heterocycles. The van der Waals surface area contributed by atoms with Crippen molar-refractivity contribution in [3.8, 4) is 5.75 Å². The molecule has 2 aromatic rings. The number of hydrogen-bond acceptors (Lipinski definition) is 3. The van der Waals surface area contributed by atoms with Gasteiger partial charge in [0.15, 0.2) is 0 Å². The number of likely N-dealkylation sites (N-methyl/N-ethyl adjacent to an activating group) is 1. The van der Waals surface area contributed by atoms with Crippen molar-refractivity contribution in [2.24, 2.45) is 0 Å². The maximum Gasteiger partial charge on any atom is 0.246 e. The van der Waals surface area contributed by atoms with Crippen LogP contribution in [-0.2, 0) is 9.59 Å². The largest absolute Gasteiger partial charge is 0.497 e. The van der Waals surface area contributed by atoms with Crippen LogP contribution < -0.4 is 10.1 Å². The predicted octanol–water partition coefficient (Wildman–Crippen LogP) is 3.60. The van der Waals surface area contributed by atoms with E-state index >= 15 is 0 Å². The molecule has 26 heavy (non-hydrogen) atoms. The third kappa shape index (κ3) is 5.60. The topological polar surface area (TPSA) is 58.6 Å². The minimum Gasteiger partial charge on any atom is -0.497 e. The summed E-state index contributed by atoms with van der Waals surface area (Å²) >= 11 is 5.69. The van der Waals surface area contributed by atoms with Crippen molar-refractivity contribution in [2.75, 3.05) is 26.0 Å². The van der Waals surface area contributed by atoms with Gasteiger partial charge in [0, 0.05) is 24.9 Å². The Balaban J connectivity index is 1.91. The zero-order valence-corrected chi connectivity index (χ0v) is 15.1. The molecule has 5 nitrogen and oxygen atoms in total. The van der Waals surface area contributed by atoms with Crippen molar-refractivity contribution in [2.45, 2.75) is 0 Å². The Kier molecular flexibility index (Phi) is 6.74. The predicted molar refractivity (Wildman–Crippen MR) is 99.7 cm³/mol. The number of benzene rings is 2. The van der Waals surface area contributed by atoms with E-state index < -0.39 is 5.82 Å². The standard InChI is InChI=1S/C19H18ClFN2O3/c1-23(12-18(24)22-14-4-3-5-15(11-14)26-2)19(25)9-7-13-6-8-17(21)16(20)10-13/h3-11H,12H2,1-2H3,(H,22,24)/b9-7+. The summed E-state index contributed by atoms with van der Waals surface area (Å²) < 4.78 is 18.2. The number of amides is 2. The van der Waals surface area contributed by atoms with Crippen LogP contribution >= 0.6 is 11.6 Å². The van der Waals surface area contributed by atoms with Crippen molar-refractivity contribution in [3.05, 3.63) is 64.9 Å². The SMILES string of the molecule is COc1cccc(NC(=O)CN(C)C(=O)/C=C/c2ccc(F)c(Cl)c2)c1. The van der Waals surface area contributed by atoms with Crippen LogP contribution in [0.3, 0.4) is 0 Å². The smallest absolute Gasteiger partial charge is 0.246 e. The lowest BCUT2D eigenvalue weighted by Gasteiger charge is -2.15. The van der Waals surface area contributed by atoms with E-state index in [-0.39, 0.29) is 23.4 Å². The molecule has 0 aliphatic carbocycles. The molecular weight excluding hydrogens is 359 g/mol. The van der Waals surface area contributed by atoms with Gasteiger partial charge < -0.3 is 15.0 Å². The monoisotopic (exact) mass is 376 g/mol. The number of nitrogens with zero attached hydrogens (tertiary/aromatic N) is 1. The fourth-order valence-electron chi connectivity index (χ4n) is 2.11. The summed E-state index contributed by atoms with van der Waals surface area (Å²) in [5.41, 5.74) is 1.16. The van der Waals surface area contributed by atoms with Gasteiger partial charge in [-0.2, -0.15) is 0 Å². The molecule has 7 heteroatoms. The highest BCUT2D eigenvalue weighted by atomic mass is 35.5. The Morgan fingerprint density at radius 2 is 2.04 bits per heavy atom. The average Bonchev–Trinajstić information content (AvgIpc) is 2.62. The number of hydrogen-bond donors (Lipinski definition) is 1. The van der Waals surface area contributed by atoms with E-state index in [1.807, 2.05) is 0 Å². The van der Waals surface area contributed by atoms with Crippen LogP contribution in [0.5, 0.6) is 5.75 Å². The van der Waals surface area contributed by atoms with Crippen molar-refractivity contribution in [1.82, 2.24) is 4.90 Å². The van der Waals surface area contributed by atoms with E-state index in [9.17, 15) is 14.0 Å². The number of rotatable bonds is 6. The first-order chi connectivity index (χ1) is 12.4. The van der Waals surface area contributed by atoms with Gasteiger partial charge in [-0.1, -0.05) is 23.7 Å². The second-order valence-corrected chi connectivity index (χ2v) is 5.89. The number of ether oxygens (including phenoxy) is 1. The molecule has 0 radical (unpaired) electrons. The van der Waals surface area contributed by atoms with Crippen LogP contribution in [0.2, 0.25) is 5.02 Å². The molecule has 0 aliphatic rings. The second-order valence-electron chi connectivity index (χ2n) is 5.48. The molecule has 1 N–H and O–H groups in total. The summed E-state index contributed by atoms with van der Waals surface area (Å²) in [5, 5.41) is 2.67. The molecule has 0 saturated carbocycles. The molecule has 0 saturated heterocycles. The number of nitrogens with one attached hydrogen (secondary N) is 1. The molecule has 0 spiro atoms. The van der Waals surface area contributed by atoms with Gasteiger partial charge in [0.25, 0.3) is 0 Å². The average molecular weight is 377 g/mol. The van der Waals surface area contributed by atoms with Crippen LogP contribution in [0.4, 0.5) is 10.1 Å². The zero-order chi connectivity index (χ0) is 19.1. The lowest BCUT2D eigenvalue weighted by Crippen LogP contribution is -2.33. The van der Waals surface area contributed by atoms with E-state index in [1.165, 1.54) is 49.4 Å². The Hall–Kier alpha value is -2.86. The number of anilines is 1. The molecule has 0 bridgehead atoms. The highest BCUT2D eigenvalue weighted by Crippen LogP contribution is 2.17. The summed E-state index contributed by atoms with van der Waals surface area (Å²) in [6.07, 6.45) is 2.80. The molecule has 0 aromatic heterocycles. The highest BCUT2D eigenvalue weighted by molar-refractivity contribution is 6.30. The third-order valence-corrected chi connectivity index (χ3v) is 3.76. The van der Waals surface area contributed by atoms with Crippen LogP contribution in [0.15, 0.2) is 48.5 Å². The van der Waals surface area contributed by atoms with Gasteiger partial charge in [0.2, 0.25) is 11.8 Å². The molecule has 0 heterocycles. The van der Waals surface area contributed by atoms with Gasteiger partial charge in [-0.3, -0.25) is 9.59 Å². The lowest BCUT2D eigenvalue weighted by molar-refractivity contribution is -0.129. The summed E-state index contributed by atoms with van der Waals surface area (Å²) in [6, 6.07) is 11.0. The summed E-state index contributed by atoms with van der Waals surface area (Å²) in [7, 11) is 3.05. The van der Waals surface area contributed by atoms with Gasteiger partial charge in [0.1, 0.15) is 11.6 Å². The second kappa shape index (κ2) is 9.01. The Labute approximate surface area is 156 Å². The quantitative estimate of drug-likeness (QED) is 0.784. The van der Waals surface area contributed by atoms with Crippen molar-refractivity contribution in [3.63, 3.8) is 0 Å². The molecule has 0 fully saturated rings. The fourth-order valence-corrected chi connectivity index (χ4v) is 2.29. The van der Waals surface area contributed by atoms with Gasteiger partial charge in [-0.25, -0.2) is 4.39 Å². The Bertz CT molecular complexity index is 839. The molecule has 136 valence electrons.